The Bertz CT molecular complexity index is 533. The van der Waals surface area contributed by atoms with Gasteiger partial charge in [0.1, 0.15) is 0 Å². The molecule has 0 atom stereocenters. The fraction of sp³-hybridized carbons (Fsp3) is 0.0714. The van der Waals surface area contributed by atoms with Crippen LogP contribution in [-0.4, -0.2) is 13.3 Å². The number of benzene rings is 2. The maximum Gasteiger partial charge on any atom is 0.0590 e. The summed E-state index contributed by atoms with van der Waals surface area (Å²) in [6.07, 6.45) is 1.66. The van der Waals surface area contributed by atoms with Crippen molar-refractivity contribution in [2.24, 2.45) is 5.10 Å². The van der Waals surface area contributed by atoms with Crippen molar-refractivity contribution in [3.63, 3.8) is 0 Å². The van der Waals surface area contributed by atoms with E-state index in [1.54, 1.807) is 23.4 Å². The van der Waals surface area contributed by atoms with Crippen LogP contribution in [0, 0.1) is 0 Å². The van der Waals surface area contributed by atoms with E-state index in [1.165, 1.54) is 0 Å². The van der Waals surface area contributed by atoms with Crippen LogP contribution in [0.3, 0.4) is 0 Å². The summed E-state index contributed by atoms with van der Waals surface area (Å²) >= 11 is 12.1. The summed E-state index contributed by atoms with van der Waals surface area (Å²) in [7, 11) is 1.87. The highest BCUT2D eigenvalue weighted by molar-refractivity contribution is 6.38. The van der Waals surface area contributed by atoms with Gasteiger partial charge in [0.2, 0.25) is 0 Å². The van der Waals surface area contributed by atoms with E-state index in [-0.39, 0.29) is 0 Å². The van der Waals surface area contributed by atoms with Crippen molar-refractivity contribution < 1.29 is 0 Å². The first kappa shape index (κ1) is 12.9. The van der Waals surface area contributed by atoms with E-state index in [9.17, 15) is 0 Å². The molecule has 2 rings (SSSR count). The van der Waals surface area contributed by atoms with E-state index >= 15 is 0 Å². The molecule has 0 heterocycles. The third kappa shape index (κ3) is 3.03. The fourth-order valence-electron chi connectivity index (χ4n) is 1.49. The third-order valence-electron chi connectivity index (χ3n) is 2.49. The maximum atomic E-state index is 6.06. The molecule has 2 aromatic carbocycles. The van der Waals surface area contributed by atoms with Gasteiger partial charge >= 0.3 is 0 Å². The molecule has 2 nitrogen and oxygen atoms in total. The molecule has 0 saturated carbocycles. The molecule has 0 amide bonds. The molecule has 0 bridgehead atoms. The summed E-state index contributed by atoms with van der Waals surface area (Å²) in [6, 6.07) is 15.2. The molecule has 0 aliphatic carbocycles. The Hall–Kier alpha value is -1.51. The molecule has 2 aromatic rings. The van der Waals surface area contributed by atoms with Crippen LogP contribution < -0.4 is 5.01 Å². The predicted molar refractivity (Wildman–Crippen MR) is 78.9 cm³/mol. The van der Waals surface area contributed by atoms with Crippen LogP contribution in [0.2, 0.25) is 10.0 Å². The second-order valence-corrected chi connectivity index (χ2v) is 4.55. The van der Waals surface area contributed by atoms with Gasteiger partial charge in [-0.3, -0.25) is 5.01 Å². The SMILES string of the molecule is CN(/N=C/c1c(Cl)cccc1Cl)c1ccccc1. The minimum absolute atomic E-state index is 0.590. The average Bonchev–Trinajstić information content (AvgIpc) is 2.39. The highest BCUT2D eigenvalue weighted by Gasteiger charge is 2.03. The highest BCUT2D eigenvalue weighted by atomic mass is 35.5. The second-order valence-electron chi connectivity index (χ2n) is 3.74. The van der Waals surface area contributed by atoms with Gasteiger partial charge in [0.15, 0.2) is 0 Å². The number of nitrogens with zero attached hydrogens (tertiary/aromatic N) is 2. The molecule has 0 N–H and O–H groups in total. The van der Waals surface area contributed by atoms with Crippen LogP contribution in [0.4, 0.5) is 5.69 Å². The Kier molecular flexibility index (Phi) is 4.24. The average molecular weight is 279 g/mol. The Labute approximate surface area is 116 Å². The van der Waals surface area contributed by atoms with Gasteiger partial charge in [-0.25, -0.2) is 0 Å². The number of halogens is 2. The molecule has 0 radical (unpaired) electrons. The number of hydrogen-bond donors (Lipinski definition) is 0. The van der Waals surface area contributed by atoms with Crippen molar-refractivity contribution in [2.75, 3.05) is 12.1 Å². The smallest absolute Gasteiger partial charge is 0.0590 e. The minimum Gasteiger partial charge on any atom is -0.269 e. The highest BCUT2D eigenvalue weighted by Crippen LogP contribution is 2.22. The molecule has 18 heavy (non-hydrogen) atoms. The van der Waals surface area contributed by atoms with Crippen molar-refractivity contribution in [3.05, 3.63) is 64.1 Å². The first-order chi connectivity index (χ1) is 8.68. The summed E-state index contributed by atoms with van der Waals surface area (Å²) in [6.45, 7) is 0. The molecular weight excluding hydrogens is 267 g/mol. The summed E-state index contributed by atoms with van der Waals surface area (Å²) in [5.74, 6) is 0. The Balaban J connectivity index is 2.21. The topological polar surface area (TPSA) is 15.6 Å². The molecule has 0 aliphatic heterocycles. The van der Waals surface area contributed by atoms with Crippen molar-refractivity contribution in [3.8, 4) is 0 Å². The number of para-hydroxylation sites is 1. The monoisotopic (exact) mass is 278 g/mol. The van der Waals surface area contributed by atoms with Crippen LogP contribution in [-0.2, 0) is 0 Å². The lowest BCUT2D eigenvalue weighted by Gasteiger charge is -2.12. The molecule has 0 fully saturated rings. The molecular formula is C14H12Cl2N2. The van der Waals surface area contributed by atoms with Gasteiger partial charge < -0.3 is 0 Å². The number of hydrogen-bond acceptors (Lipinski definition) is 2. The van der Waals surface area contributed by atoms with Crippen LogP contribution in [0.15, 0.2) is 53.6 Å². The molecule has 0 aromatic heterocycles. The van der Waals surface area contributed by atoms with Crippen molar-refractivity contribution in [2.45, 2.75) is 0 Å². The lowest BCUT2D eigenvalue weighted by molar-refractivity contribution is 1.02. The first-order valence-electron chi connectivity index (χ1n) is 5.45. The molecule has 4 heteroatoms. The Morgan fingerprint density at radius 3 is 2.17 bits per heavy atom. The van der Waals surface area contributed by atoms with Crippen LogP contribution in [0.1, 0.15) is 5.56 Å². The summed E-state index contributed by atoms with van der Waals surface area (Å²) in [5, 5.41) is 7.27. The maximum absolute atomic E-state index is 6.06. The molecule has 92 valence electrons. The van der Waals surface area contributed by atoms with Gasteiger partial charge in [0.05, 0.1) is 21.9 Å². The van der Waals surface area contributed by atoms with E-state index in [1.807, 2.05) is 43.4 Å². The van der Waals surface area contributed by atoms with Gasteiger partial charge in [0.25, 0.3) is 0 Å². The van der Waals surface area contributed by atoms with Gasteiger partial charge in [-0.1, -0.05) is 47.5 Å². The normalized spacial score (nSPS) is 10.8. The van der Waals surface area contributed by atoms with Crippen LogP contribution in [0.5, 0.6) is 0 Å². The summed E-state index contributed by atoms with van der Waals surface area (Å²) in [4.78, 5) is 0. The van der Waals surface area contributed by atoms with Gasteiger partial charge in [-0.05, 0) is 24.3 Å². The number of rotatable bonds is 3. The number of anilines is 1. The largest absolute Gasteiger partial charge is 0.269 e. The number of hydrazone groups is 1. The van der Waals surface area contributed by atoms with Gasteiger partial charge in [0, 0.05) is 12.6 Å². The minimum atomic E-state index is 0.590. The zero-order chi connectivity index (χ0) is 13.0. The second kappa shape index (κ2) is 5.89. The van der Waals surface area contributed by atoms with Crippen LogP contribution >= 0.6 is 23.2 Å². The Morgan fingerprint density at radius 1 is 0.944 bits per heavy atom. The van der Waals surface area contributed by atoms with Gasteiger partial charge in [-0.2, -0.15) is 5.10 Å². The van der Waals surface area contributed by atoms with E-state index in [2.05, 4.69) is 5.10 Å². The van der Waals surface area contributed by atoms with Crippen molar-refractivity contribution in [1.29, 1.82) is 0 Å². The van der Waals surface area contributed by atoms with E-state index in [0.29, 0.717) is 10.0 Å². The zero-order valence-electron chi connectivity index (χ0n) is 9.85. The summed E-state index contributed by atoms with van der Waals surface area (Å²) < 4.78 is 0. The van der Waals surface area contributed by atoms with E-state index < -0.39 is 0 Å². The lowest BCUT2D eigenvalue weighted by Crippen LogP contribution is -2.08. The van der Waals surface area contributed by atoms with E-state index in [0.717, 1.165) is 11.3 Å². The van der Waals surface area contributed by atoms with E-state index in [4.69, 9.17) is 23.2 Å². The standard InChI is InChI=1S/C14H12Cl2N2/c1-18(11-6-3-2-4-7-11)17-10-12-13(15)8-5-9-14(12)16/h2-10H,1H3/b17-10+. The lowest BCUT2D eigenvalue weighted by atomic mass is 10.2. The van der Waals surface area contributed by atoms with Crippen molar-refractivity contribution >= 4 is 35.1 Å². The van der Waals surface area contributed by atoms with Gasteiger partial charge in [-0.15, -0.1) is 0 Å². The fourth-order valence-corrected chi connectivity index (χ4v) is 1.98. The zero-order valence-corrected chi connectivity index (χ0v) is 11.4. The third-order valence-corrected chi connectivity index (χ3v) is 3.15. The quantitative estimate of drug-likeness (QED) is 0.598. The predicted octanol–water partition coefficient (Wildman–Crippen LogP) is 4.46. The molecule has 0 saturated heterocycles. The summed E-state index contributed by atoms with van der Waals surface area (Å²) in [5.41, 5.74) is 1.72. The Morgan fingerprint density at radius 2 is 1.56 bits per heavy atom. The molecule has 0 spiro atoms. The molecule has 0 unspecified atom stereocenters. The van der Waals surface area contributed by atoms with Crippen LogP contribution in [0.25, 0.3) is 0 Å². The first-order valence-corrected chi connectivity index (χ1v) is 6.21. The molecule has 0 aliphatic rings. The van der Waals surface area contributed by atoms with Crippen molar-refractivity contribution in [1.82, 2.24) is 0 Å².